The highest BCUT2D eigenvalue weighted by molar-refractivity contribution is 9.10. The topological polar surface area (TPSA) is 30.7 Å². The molecular formula is C14H17BrClN3. The van der Waals surface area contributed by atoms with Gasteiger partial charge in [-0.1, -0.05) is 13.3 Å². The van der Waals surface area contributed by atoms with Crippen LogP contribution in [-0.4, -0.2) is 20.4 Å². The highest BCUT2D eigenvalue weighted by Crippen LogP contribution is 2.38. The van der Waals surface area contributed by atoms with Crippen molar-refractivity contribution in [3.63, 3.8) is 0 Å². The second kappa shape index (κ2) is 5.41. The highest BCUT2D eigenvalue weighted by Gasteiger charge is 2.28. The number of pyridine rings is 1. The number of fused-ring (bicyclic) bond motifs is 1. The minimum atomic E-state index is 0.525. The summed E-state index contributed by atoms with van der Waals surface area (Å²) in [6.45, 7) is 2.33. The first-order valence-electron chi connectivity index (χ1n) is 6.79. The van der Waals surface area contributed by atoms with Crippen LogP contribution in [0.4, 0.5) is 0 Å². The Balaban J connectivity index is 2.16. The molecule has 2 aromatic heterocycles. The summed E-state index contributed by atoms with van der Waals surface area (Å²) in [6.07, 6.45) is 6.46. The lowest BCUT2D eigenvalue weighted by molar-refractivity contribution is 0.404. The Morgan fingerprint density at radius 1 is 1.47 bits per heavy atom. The Hall–Kier alpha value is -0.610. The van der Waals surface area contributed by atoms with E-state index in [9.17, 15) is 0 Å². The largest absolute Gasteiger partial charge is 0.309 e. The number of aryl methyl sites for hydroxylation is 1. The average Bonchev–Trinajstić information content (AvgIpc) is 2.92. The van der Waals surface area contributed by atoms with Crippen molar-refractivity contribution in [2.45, 2.75) is 38.6 Å². The van der Waals surface area contributed by atoms with Crippen LogP contribution in [0, 0.1) is 5.92 Å². The first-order valence-corrected chi connectivity index (χ1v) is 8.11. The molecule has 2 aromatic rings. The summed E-state index contributed by atoms with van der Waals surface area (Å²) < 4.78 is 3.31. The van der Waals surface area contributed by atoms with Crippen molar-refractivity contribution in [2.75, 3.05) is 5.88 Å². The normalized spacial score (nSPS) is 23.3. The van der Waals surface area contributed by atoms with E-state index in [0.29, 0.717) is 17.8 Å². The van der Waals surface area contributed by atoms with E-state index < -0.39 is 0 Å². The number of alkyl halides is 1. The minimum absolute atomic E-state index is 0.525. The van der Waals surface area contributed by atoms with E-state index in [2.05, 4.69) is 32.4 Å². The second-order valence-electron chi connectivity index (χ2n) is 5.31. The van der Waals surface area contributed by atoms with E-state index in [1.54, 1.807) is 0 Å². The van der Waals surface area contributed by atoms with Gasteiger partial charge in [0, 0.05) is 29.0 Å². The molecule has 1 saturated carbocycles. The van der Waals surface area contributed by atoms with Crippen molar-refractivity contribution in [1.29, 1.82) is 0 Å². The lowest BCUT2D eigenvalue weighted by Gasteiger charge is -2.20. The number of hydrogen-bond acceptors (Lipinski definition) is 2. The number of aromatic nitrogens is 3. The maximum absolute atomic E-state index is 5.93. The molecule has 0 N–H and O–H groups in total. The van der Waals surface area contributed by atoms with Crippen LogP contribution in [0.5, 0.6) is 0 Å². The Morgan fingerprint density at radius 3 is 3.00 bits per heavy atom. The molecule has 0 aromatic carbocycles. The molecule has 0 spiro atoms. The monoisotopic (exact) mass is 341 g/mol. The minimum Gasteiger partial charge on any atom is -0.309 e. The van der Waals surface area contributed by atoms with E-state index >= 15 is 0 Å². The summed E-state index contributed by atoms with van der Waals surface area (Å²) in [4.78, 5) is 9.30. The Kier molecular flexibility index (Phi) is 3.81. The van der Waals surface area contributed by atoms with Crippen LogP contribution in [0.15, 0.2) is 16.7 Å². The summed E-state index contributed by atoms with van der Waals surface area (Å²) in [6, 6.07) is 2.56. The lowest BCUT2D eigenvalue weighted by Crippen LogP contribution is -2.15. The van der Waals surface area contributed by atoms with Gasteiger partial charge < -0.3 is 4.57 Å². The van der Waals surface area contributed by atoms with Gasteiger partial charge in [-0.05, 0) is 40.8 Å². The van der Waals surface area contributed by atoms with Crippen molar-refractivity contribution in [3.05, 3.63) is 22.6 Å². The highest BCUT2D eigenvalue weighted by atomic mass is 79.9. The van der Waals surface area contributed by atoms with Gasteiger partial charge in [0.05, 0.1) is 0 Å². The van der Waals surface area contributed by atoms with Crippen LogP contribution < -0.4 is 0 Å². The van der Waals surface area contributed by atoms with E-state index in [4.69, 9.17) is 16.6 Å². The molecule has 102 valence electrons. The molecule has 1 aliphatic rings. The molecule has 19 heavy (non-hydrogen) atoms. The van der Waals surface area contributed by atoms with Gasteiger partial charge in [-0.3, -0.25) is 0 Å². The van der Waals surface area contributed by atoms with E-state index in [0.717, 1.165) is 27.9 Å². The zero-order valence-corrected chi connectivity index (χ0v) is 13.3. The van der Waals surface area contributed by atoms with Crippen molar-refractivity contribution < 1.29 is 0 Å². The summed E-state index contributed by atoms with van der Waals surface area (Å²) >= 11 is 9.39. The van der Waals surface area contributed by atoms with Crippen LogP contribution in [0.1, 0.15) is 38.1 Å². The number of halogens is 2. The molecule has 3 nitrogen and oxygen atoms in total. The SMILES string of the molecule is CC1CCCC1n1c(CCCl)nc2cc(Br)cnc21. The molecule has 1 fully saturated rings. The number of hydrogen-bond donors (Lipinski definition) is 0. The Labute approximate surface area is 126 Å². The van der Waals surface area contributed by atoms with Gasteiger partial charge in [0.1, 0.15) is 11.3 Å². The summed E-state index contributed by atoms with van der Waals surface area (Å²) in [5, 5.41) is 0. The second-order valence-corrected chi connectivity index (χ2v) is 6.60. The molecule has 2 heterocycles. The fourth-order valence-electron chi connectivity index (χ4n) is 3.12. The number of nitrogens with zero attached hydrogens (tertiary/aromatic N) is 3. The summed E-state index contributed by atoms with van der Waals surface area (Å²) in [5.74, 6) is 2.37. The zero-order chi connectivity index (χ0) is 13.4. The molecule has 0 saturated heterocycles. The van der Waals surface area contributed by atoms with Gasteiger partial charge in [0.2, 0.25) is 0 Å². The summed E-state index contributed by atoms with van der Waals surface area (Å²) in [7, 11) is 0. The van der Waals surface area contributed by atoms with Crippen LogP contribution in [0.2, 0.25) is 0 Å². The van der Waals surface area contributed by atoms with Gasteiger partial charge in [0.15, 0.2) is 5.65 Å². The number of imidazole rings is 1. The zero-order valence-electron chi connectivity index (χ0n) is 10.9. The maximum Gasteiger partial charge on any atom is 0.160 e. The van der Waals surface area contributed by atoms with Crippen molar-refractivity contribution in [1.82, 2.24) is 14.5 Å². The quantitative estimate of drug-likeness (QED) is 0.777. The van der Waals surface area contributed by atoms with Gasteiger partial charge in [-0.2, -0.15) is 0 Å². The van der Waals surface area contributed by atoms with Gasteiger partial charge in [-0.25, -0.2) is 9.97 Å². The van der Waals surface area contributed by atoms with E-state index in [-0.39, 0.29) is 0 Å². The van der Waals surface area contributed by atoms with E-state index in [1.165, 1.54) is 19.3 Å². The molecular weight excluding hydrogens is 326 g/mol. The van der Waals surface area contributed by atoms with Gasteiger partial charge >= 0.3 is 0 Å². The van der Waals surface area contributed by atoms with Crippen molar-refractivity contribution >= 4 is 38.7 Å². The molecule has 0 bridgehead atoms. The molecule has 5 heteroatoms. The first kappa shape index (κ1) is 13.4. The van der Waals surface area contributed by atoms with Crippen LogP contribution in [-0.2, 0) is 6.42 Å². The van der Waals surface area contributed by atoms with Crippen LogP contribution >= 0.6 is 27.5 Å². The van der Waals surface area contributed by atoms with Crippen LogP contribution in [0.3, 0.4) is 0 Å². The molecule has 0 aliphatic heterocycles. The summed E-state index contributed by atoms with van der Waals surface area (Å²) in [5.41, 5.74) is 1.97. The first-order chi connectivity index (χ1) is 9.20. The molecule has 0 amide bonds. The van der Waals surface area contributed by atoms with Gasteiger partial charge in [0.25, 0.3) is 0 Å². The molecule has 2 unspecified atom stereocenters. The standard InChI is InChI=1S/C14H17BrClN3/c1-9-3-2-4-12(9)19-13(5-6-16)18-11-7-10(15)8-17-14(11)19/h7-9,12H,2-6H2,1H3. The van der Waals surface area contributed by atoms with E-state index in [1.807, 2.05) is 12.3 Å². The molecule has 0 radical (unpaired) electrons. The fraction of sp³-hybridized carbons (Fsp3) is 0.571. The third kappa shape index (κ3) is 2.40. The van der Waals surface area contributed by atoms with Crippen molar-refractivity contribution in [2.24, 2.45) is 5.92 Å². The van der Waals surface area contributed by atoms with Gasteiger partial charge in [-0.15, -0.1) is 11.6 Å². The third-order valence-corrected chi connectivity index (χ3v) is 4.66. The Morgan fingerprint density at radius 2 is 2.32 bits per heavy atom. The predicted molar refractivity (Wildman–Crippen MR) is 81.7 cm³/mol. The average molecular weight is 343 g/mol. The number of rotatable bonds is 3. The predicted octanol–water partition coefficient (Wildman–Crippen LogP) is 4.34. The fourth-order valence-corrected chi connectivity index (χ4v) is 3.61. The van der Waals surface area contributed by atoms with Crippen LogP contribution in [0.25, 0.3) is 11.2 Å². The Bertz CT molecular complexity index is 596. The lowest BCUT2D eigenvalue weighted by atomic mass is 10.1. The third-order valence-electron chi connectivity index (χ3n) is 4.04. The molecule has 3 rings (SSSR count). The molecule has 1 aliphatic carbocycles. The smallest absolute Gasteiger partial charge is 0.160 e. The van der Waals surface area contributed by atoms with Crippen molar-refractivity contribution in [3.8, 4) is 0 Å². The molecule has 2 atom stereocenters. The maximum atomic E-state index is 5.93.